The molecular formula is C19H24N2O3. The summed E-state index contributed by atoms with van der Waals surface area (Å²) in [5.41, 5.74) is 4.97. The van der Waals surface area contributed by atoms with Crippen LogP contribution in [0.5, 0.6) is 0 Å². The molecule has 1 aliphatic rings. The molecule has 2 rings (SSSR count). The van der Waals surface area contributed by atoms with Crippen molar-refractivity contribution in [2.45, 2.75) is 34.1 Å². The van der Waals surface area contributed by atoms with E-state index in [4.69, 9.17) is 9.47 Å². The summed E-state index contributed by atoms with van der Waals surface area (Å²) in [6.07, 6.45) is 7.82. The van der Waals surface area contributed by atoms with Gasteiger partial charge in [0.1, 0.15) is 0 Å². The smallest absolute Gasteiger partial charge is 0.358 e. The highest BCUT2D eigenvalue weighted by molar-refractivity contribution is 5.87. The van der Waals surface area contributed by atoms with Gasteiger partial charge in [0.2, 0.25) is 0 Å². The fraction of sp³-hybridized carbons (Fsp3) is 0.421. The molecule has 0 saturated heterocycles. The zero-order valence-electron chi connectivity index (χ0n) is 15.1. The molecular weight excluding hydrogens is 304 g/mol. The van der Waals surface area contributed by atoms with Crippen molar-refractivity contribution in [3.8, 4) is 0 Å². The Hall–Kier alpha value is -2.43. The highest BCUT2D eigenvalue weighted by atomic mass is 16.5. The molecule has 1 aromatic rings. The minimum Gasteiger partial charge on any atom is -0.504 e. The monoisotopic (exact) mass is 328 g/mol. The molecule has 0 amide bonds. The van der Waals surface area contributed by atoms with Crippen LogP contribution in [0.15, 0.2) is 35.8 Å². The normalized spacial score (nSPS) is 15.0. The number of aromatic nitrogens is 2. The second-order valence-corrected chi connectivity index (χ2v) is 6.83. The molecule has 5 heteroatoms. The Morgan fingerprint density at radius 2 is 2.00 bits per heavy atom. The van der Waals surface area contributed by atoms with Crippen molar-refractivity contribution in [2.75, 3.05) is 14.2 Å². The Morgan fingerprint density at radius 1 is 1.29 bits per heavy atom. The molecule has 5 nitrogen and oxygen atoms in total. The van der Waals surface area contributed by atoms with Gasteiger partial charge in [0.15, 0.2) is 5.69 Å². The number of nitrogens with zero attached hydrogens (tertiary/aromatic N) is 2. The number of rotatable bonds is 3. The Kier molecular flexibility index (Phi) is 5.22. The quantitative estimate of drug-likeness (QED) is 0.625. The first-order chi connectivity index (χ1) is 11.3. The van der Waals surface area contributed by atoms with Crippen LogP contribution in [0, 0.1) is 5.41 Å². The predicted molar refractivity (Wildman–Crippen MR) is 93.4 cm³/mol. The average molecular weight is 328 g/mol. The lowest BCUT2D eigenvalue weighted by Gasteiger charge is -2.23. The van der Waals surface area contributed by atoms with Crippen LogP contribution in [0.3, 0.4) is 0 Å². The number of hydrogen-bond donors (Lipinski definition) is 0. The molecule has 0 unspecified atom stereocenters. The first kappa shape index (κ1) is 17.9. The molecule has 1 aromatic heterocycles. The lowest BCUT2D eigenvalue weighted by molar-refractivity contribution is 0.0593. The van der Waals surface area contributed by atoms with Gasteiger partial charge in [0, 0.05) is 12.0 Å². The largest absolute Gasteiger partial charge is 0.504 e. The molecule has 128 valence electrons. The third kappa shape index (κ3) is 3.72. The molecule has 0 aliphatic heterocycles. The average Bonchev–Trinajstić information content (AvgIpc) is 2.67. The summed E-state index contributed by atoms with van der Waals surface area (Å²) in [6.45, 7) is 8.54. The third-order valence-corrected chi connectivity index (χ3v) is 3.80. The second kappa shape index (κ2) is 6.99. The molecule has 0 radical (unpaired) electrons. The van der Waals surface area contributed by atoms with E-state index in [1.54, 1.807) is 13.4 Å². The number of carbonyl (C=O) groups excluding carboxylic acids is 1. The minimum atomic E-state index is -0.481. The van der Waals surface area contributed by atoms with Crippen LogP contribution >= 0.6 is 0 Å². The van der Waals surface area contributed by atoms with Gasteiger partial charge >= 0.3 is 5.97 Å². The van der Waals surface area contributed by atoms with Crippen LogP contribution in [0.2, 0.25) is 0 Å². The van der Waals surface area contributed by atoms with Gasteiger partial charge in [-0.25, -0.2) is 9.78 Å². The molecule has 0 spiro atoms. The van der Waals surface area contributed by atoms with E-state index in [-0.39, 0.29) is 11.1 Å². The number of methoxy groups -OCH3 is 2. The van der Waals surface area contributed by atoms with Crippen molar-refractivity contribution < 1.29 is 14.3 Å². The summed E-state index contributed by atoms with van der Waals surface area (Å²) in [5.74, 6) is -0.481. The number of ether oxygens (including phenoxy) is 2. The van der Waals surface area contributed by atoms with Crippen molar-refractivity contribution in [3.63, 3.8) is 0 Å². The maximum absolute atomic E-state index is 11.8. The molecule has 0 aromatic carbocycles. The van der Waals surface area contributed by atoms with E-state index in [2.05, 4.69) is 43.7 Å². The molecule has 24 heavy (non-hydrogen) atoms. The topological polar surface area (TPSA) is 61.3 Å². The van der Waals surface area contributed by atoms with Gasteiger partial charge in [0.25, 0.3) is 0 Å². The summed E-state index contributed by atoms with van der Waals surface area (Å²) in [6, 6.07) is 0. The highest BCUT2D eigenvalue weighted by Crippen LogP contribution is 2.37. The van der Waals surface area contributed by atoms with E-state index in [0.29, 0.717) is 6.42 Å². The fourth-order valence-corrected chi connectivity index (χ4v) is 2.67. The van der Waals surface area contributed by atoms with Crippen LogP contribution in [0.1, 0.15) is 49.6 Å². The first-order valence-electron chi connectivity index (χ1n) is 7.83. The van der Waals surface area contributed by atoms with Gasteiger partial charge in [-0.1, -0.05) is 32.4 Å². The standard InChI is InChI=1S/C19H24N2O3/c1-12-9-14(19(2,3)4)13(7-8-23-5)17-15(10-12)21-16(11-20-17)18(22)24-6/h7-9,11H,10H2,1-6H3/b8-7-. The van der Waals surface area contributed by atoms with Gasteiger partial charge in [0.05, 0.1) is 38.1 Å². The lowest BCUT2D eigenvalue weighted by atomic mass is 9.82. The zero-order valence-corrected chi connectivity index (χ0v) is 15.1. The van der Waals surface area contributed by atoms with Crippen molar-refractivity contribution in [1.82, 2.24) is 9.97 Å². The van der Waals surface area contributed by atoms with Crippen molar-refractivity contribution in [2.24, 2.45) is 5.41 Å². The van der Waals surface area contributed by atoms with Gasteiger partial charge in [-0.3, -0.25) is 4.98 Å². The van der Waals surface area contributed by atoms with E-state index in [0.717, 1.165) is 22.5 Å². The Morgan fingerprint density at radius 3 is 2.58 bits per heavy atom. The van der Waals surface area contributed by atoms with Crippen LogP contribution in [-0.4, -0.2) is 30.2 Å². The molecule has 0 bridgehead atoms. The molecule has 0 N–H and O–H groups in total. The summed E-state index contributed by atoms with van der Waals surface area (Å²) in [4.78, 5) is 20.8. The van der Waals surface area contributed by atoms with Crippen LogP contribution in [-0.2, 0) is 15.9 Å². The molecule has 0 saturated carbocycles. The summed E-state index contributed by atoms with van der Waals surface area (Å²) in [5, 5.41) is 0. The third-order valence-electron chi connectivity index (χ3n) is 3.80. The second-order valence-electron chi connectivity index (χ2n) is 6.83. The van der Waals surface area contributed by atoms with E-state index < -0.39 is 5.97 Å². The van der Waals surface area contributed by atoms with E-state index in [1.807, 2.05) is 6.08 Å². The van der Waals surface area contributed by atoms with Crippen LogP contribution < -0.4 is 0 Å². The molecule has 1 heterocycles. The Balaban J connectivity index is 2.73. The number of hydrogen-bond acceptors (Lipinski definition) is 5. The van der Waals surface area contributed by atoms with Gasteiger partial charge in [-0.05, 0) is 24.0 Å². The minimum absolute atomic E-state index is 0.0705. The number of carbonyl (C=O) groups is 1. The van der Waals surface area contributed by atoms with Gasteiger partial charge in [-0.15, -0.1) is 0 Å². The molecule has 1 aliphatic carbocycles. The number of esters is 1. The van der Waals surface area contributed by atoms with Gasteiger partial charge in [-0.2, -0.15) is 0 Å². The first-order valence-corrected chi connectivity index (χ1v) is 7.83. The van der Waals surface area contributed by atoms with Crippen LogP contribution in [0.25, 0.3) is 5.57 Å². The Bertz CT molecular complexity index is 737. The van der Waals surface area contributed by atoms with E-state index in [1.165, 1.54) is 18.9 Å². The maximum Gasteiger partial charge on any atom is 0.358 e. The van der Waals surface area contributed by atoms with Crippen molar-refractivity contribution >= 4 is 11.5 Å². The molecule has 0 fully saturated rings. The lowest BCUT2D eigenvalue weighted by Crippen LogP contribution is -2.12. The highest BCUT2D eigenvalue weighted by Gasteiger charge is 2.25. The number of allylic oxidation sites excluding steroid dienone is 5. The van der Waals surface area contributed by atoms with Gasteiger partial charge < -0.3 is 9.47 Å². The summed E-state index contributed by atoms with van der Waals surface area (Å²) >= 11 is 0. The number of fused-ring (bicyclic) bond motifs is 1. The van der Waals surface area contributed by atoms with E-state index >= 15 is 0 Å². The van der Waals surface area contributed by atoms with Crippen LogP contribution in [0.4, 0.5) is 0 Å². The Labute approximate surface area is 143 Å². The molecule has 0 atom stereocenters. The van der Waals surface area contributed by atoms with Crippen molar-refractivity contribution in [1.29, 1.82) is 0 Å². The summed E-state index contributed by atoms with van der Waals surface area (Å²) < 4.78 is 9.86. The van der Waals surface area contributed by atoms with Crippen molar-refractivity contribution in [3.05, 3.63) is 52.8 Å². The summed E-state index contributed by atoms with van der Waals surface area (Å²) in [7, 11) is 2.95. The fourth-order valence-electron chi connectivity index (χ4n) is 2.67. The predicted octanol–water partition coefficient (Wildman–Crippen LogP) is 3.73. The SMILES string of the molecule is CO/C=C\C1=C(C(C)(C)C)C=C(C)Cc2nc(C(=O)OC)cnc21. The van der Waals surface area contributed by atoms with E-state index in [9.17, 15) is 4.79 Å². The maximum atomic E-state index is 11.8. The zero-order chi connectivity index (χ0) is 17.9.